The van der Waals surface area contributed by atoms with Gasteiger partial charge in [0, 0.05) is 27.7 Å². The molecule has 3 heteroatoms. The first-order valence-electron chi connectivity index (χ1n) is 4.21. The van der Waals surface area contributed by atoms with Crippen LogP contribution in [0, 0.1) is 18.3 Å². The van der Waals surface area contributed by atoms with E-state index in [0.717, 1.165) is 10.4 Å². The number of nitriles is 1. The number of hydrogen-bond acceptors (Lipinski definition) is 3. The van der Waals surface area contributed by atoms with Gasteiger partial charge < -0.3 is 0 Å². The third-order valence-corrected chi connectivity index (χ3v) is 2.94. The van der Waals surface area contributed by atoms with Gasteiger partial charge in [0.1, 0.15) is 6.07 Å². The van der Waals surface area contributed by atoms with Crippen molar-refractivity contribution in [3.63, 3.8) is 0 Å². The van der Waals surface area contributed by atoms with Crippen LogP contribution in [0.2, 0.25) is 0 Å². The van der Waals surface area contributed by atoms with Gasteiger partial charge in [-0.1, -0.05) is 0 Å². The minimum absolute atomic E-state index is 0.605. The molecule has 2 rings (SSSR count). The number of nitrogens with zero attached hydrogens (tertiary/aromatic N) is 2. The molecule has 0 fully saturated rings. The molecule has 0 N–H and O–H groups in total. The van der Waals surface area contributed by atoms with Crippen molar-refractivity contribution in [2.45, 2.75) is 6.92 Å². The van der Waals surface area contributed by atoms with Crippen molar-refractivity contribution in [1.82, 2.24) is 4.98 Å². The Bertz CT molecular complexity index is 494. The molecule has 0 bridgehead atoms. The predicted octanol–water partition coefficient (Wildman–Crippen LogP) is 2.99. The molecule has 0 unspecified atom stereocenters. The Morgan fingerprint density at radius 2 is 2.21 bits per heavy atom. The summed E-state index contributed by atoms with van der Waals surface area (Å²) in [7, 11) is 0. The highest BCUT2D eigenvalue weighted by molar-refractivity contribution is 7.15. The van der Waals surface area contributed by atoms with Gasteiger partial charge in [0.05, 0.1) is 5.56 Å². The van der Waals surface area contributed by atoms with E-state index in [-0.39, 0.29) is 0 Å². The van der Waals surface area contributed by atoms with Crippen molar-refractivity contribution in [2.24, 2.45) is 0 Å². The lowest BCUT2D eigenvalue weighted by atomic mass is 10.2. The Morgan fingerprint density at radius 1 is 1.36 bits per heavy atom. The highest BCUT2D eigenvalue weighted by Gasteiger charge is 2.01. The lowest BCUT2D eigenvalue weighted by Crippen LogP contribution is -1.79. The van der Waals surface area contributed by atoms with Crippen LogP contribution in [0.3, 0.4) is 0 Å². The van der Waals surface area contributed by atoms with E-state index in [1.165, 1.54) is 4.88 Å². The molecule has 0 saturated carbocycles. The van der Waals surface area contributed by atoms with Crippen LogP contribution in [0.5, 0.6) is 0 Å². The summed E-state index contributed by atoms with van der Waals surface area (Å²) in [4.78, 5) is 6.45. The molecule has 2 nitrogen and oxygen atoms in total. The van der Waals surface area contributed by atoms with Crippen LogP contribution in [0.1, 0.15) is 10.4 Å². The van der Waals surface area contributed by atoms with Gasteiger partial charge in [0.15, 0.2) is 0 Å². The van der Waals surface area contributed by atoms with E-state index in [4.69, 9.17) is 5.26 Å². The Morgan fingerprint density at radius 3 is 2.86 bits per heavy atom. The standard InChI is InChI=1S/C11H8N2S/c1-8-2-3-11(14-8)10-4-9(5-12)6-13-7-10/h2-4,6-7H,1H3. The molecule has 0 aliphatic carbocycles. The summed E-state index contributed by atoms with van der Waals surface area (Å²) >= 11 is 1.71. The first-order valence-corrected chi connectivity index (χ1v) is 5.03. The lowest BCUT2D eigenvalue weighted by Gasteiger charge is -1.95. The Kier molecular flexibility index (Phi) is 2.30. The van der Waals surface area contributed by atoms with Crippen LogP contribution in [0.4, 0.5) is 0 Å². The van der Waals surface area contributed by atoms with Crippen LogP contribution in [0.25, 0.3) is 10.4 Å². The number of rotatable bonds is 1. The fourth-order valence-corrected chi connectivity index (χ4v) is 2.07. The van der Waals surface area contributed by atoms with Gasteiger partial charge >= 0.3 is 0 Å². The van der Waals surface area contributed by atoms with E-state index in [1.54, 1.807) is 23.7 Å². The molecule has 2 aromatic rings. The minimum atomic E-state index is 0.605. The molecule has 0 aliphatic heterocycles. The third kappa shape index (κ3) is 1.66. The number of pyridine rings is 1. The summed E-state index contributed by atoms with van der Waals surface area (Å²) in [5.74, 6) is 0. The Hall–Kier alpha value is -1.66. The molecule has 0 radical (unpaired) electrons. The largest absolute Gasteiger partial charge is 0.263 e. The quantitative estimate of drug-likeness (QED) is 0.709. The third-order valence-electron chi connectivity index (χ3n) is 1.89. The molecular weight excluding hydrogens is 192 g/mol. The van der Waals surface area contributed by atoms with Crippen LogP contribution in [-0.4, -0.2) is 4.98 Å². The van der Waals surface area contributed by atoms with Gasteiger partial charge in [0.2, 0.25) is 0 Å². The SMILES string of the molecule is Cc1ccc(-c2cncc(C#N)c2)s1. The smallest absolute Gasteiger partial charge is 0.101 e. The highest BCUT2D eigenvalue weighted by Crippen LogP contribution is 2.27. The second-order valence-corrected chi connectivity index (χ2v) is 4.27. The maximum absolute atomic E-state index is 8.73. The minimum Gasteiger partial charge on any atom is -0.263 e. The van der Waals surface area contributed by atoms with Crippen molar-refractivity contribution >= 4 is 11.3 Å². The molecule has 68 valence electrons. The number of aromatic nitrogens is 1. The molecule has 0 aliphatic rings. The van der Waals surface area contributed by atoms with E-state index in [1.807, 2.05) is 6.07 Å². The normalized spacial score (nSPS) is 9.71. The van der Waals surface area contributed by atoms with Crippen molar-refractivity contribution in [1.29, 1.82) is 5.26 Å². The van der Waals surface area contributed by atoms with Gasteiger partial charge in [-0.2, -0.15) is 5.26 Å². The summed E-state index contributed by atoms with van der Waals surface area (Å²) in [5, 5.41) is 8.73. The summed E-state index contributed by atoms with van der Waals surface area (Å²) in [5.41, 5.74) is 1.62. The maximum atomic E-state index is 8.73. The first kappa shape index (κ1) is 8.92. The van der Waals surface area contributed by atoms with Crippen molar-refractivity contribution in [2.75, 3.05) is 0 Å². The van der Waals surface area contributed by atoms with Gasteiger partial charge in [-0.25, -0.2) is 0 Å². The number of hydrogen-bond donors (Lipinski definition) is 0. The molecule has 2 aromatic heterocycles. The average Bonchev–Trinajstić information content (AvgIpc) is 2.65. The molecular formula is C11H8N2S. The molecule has 0 spiro atoms. The second kappa shape index (κ2) is 3.60. The van der Waals surface area contributed by atoms with Crippen molar-refractivity contribution < 1.29 is 0 Å². The van der Waals surface area contributed by atoms with E-state index in [2.05, 4.69) is 30.1 Å². The van der Waals surface area contributed by atoms with Gasteiger partial charge in [0.25, 0.3) is 0 Å². The summed E-state index contributed by atoms with van der Waals surface area (Å²) in [6.45, 7) is 2.07. The zero-order valence-corrected chi connectivity index (χ0v) is 8.51. The fraction of sp³-hybridized carbons (Fsp3) is 0.0909. The maximum Gasteiger partial charge on any atom is 0.101 e. The average molecular weight is 200 g/mol. The zero-order chi connectivity index (χ0) is 9.97. The molecule has 0 aromatic carbocycles. The summed E-state index contributed by atoms with van der Waals surface area (Å²) < 4.78 is 0. The van der Waals surface area contributed by atoms with E-state index in [9.17, 15) is 0 Å². The monoisotopic (exact) mass is 200 g/mol. The predicted molar refractivity (Wildman–Crippen MR) is 57.0 cm³/mol. The van der Waals surface area contributed by atoms with Gasteiger partial charge in [-0.15, -0.1) is 11.3 Å². The molecule has 0 saturated heterocycles. The lowest BCUT2D eigenvalue weighted by molar-refractivity contribution is 1.31. The van der Waals surface area contributed by atoms with Crippen LogP contribution in [0.15, 0.2) is 30.6 Å². The van der Waals surface area contributed by atoms with Gasteiger partial charge in [-0.3, -0.25) is 4.98 Å². The zero-order valence-electron chi connectivity index (χ0n) is 7.69. The first-order chi connectivity index (χ1) is 6.79. The van der Waals surface area contributed by atoms with Gasteiger partial charge in [-0.05, 0) is 25.1 Å². The summed E-state index contributed by atoms with van der Waals surface area (Å²) in [6, 6.07) is 8.07. The highest BCUT2D eigenvalue weighted by atomic mass is 32.1. The van der Waals surface area contributed by atoms with Crippen molar-refractivity contribution in [3.05, 3.63) is 41.0 Å². The van der Waals surface area contributed by atoms with Crippen LogP contribution >= 0.6 is 11.3 Å². The van der Waals surface area contributed by atoms with Crippen LogP contribution in [-0.2, 0) is 0 Å². The van der Waals surface area contributed by atoms with Crippen LogP contribution < -0.4 is 0 Å². The second-order valence-electron chi connectivity index (χ2n) is 2.98. The van der Waals surface area contributed by atoms with E-state index < -0.39 is 0 Å². The number of thiophene rings is 1. The Balaban J connectivity index is 2.47. The van der Waals surface area contributed by atoms with E-state index >= 15 is 0 Å². The molecule has 14 heavy (non-hydrogen) atoms. The molecule has 0 atom stereocenters. The van der Waals surface area contributed by atoms with Crippen molar-refractivity contribution in [3.8, 4) is 16.5 Å². The molecule has 2 heterocycles. The Labute approximate surface area is 86.5 Å². The topological polar surface area (TPSA) is 36.7 Å². The molecule has 0 amide bonds. The van der Waals surface area contributed by atoms with E-state index in [0.29, 0.717) is 5.56 Å². The number of aryl methyl sites for hydroxylation is 1. The fourth-order valence-electron chi connectivity index (χ4n) is 1.23. The summed E-state index contributed by atoms with van der Waals surface area (Å²) in [6.07, 6.45) is 3.36.